The third-order valence-corrected chi connectivity index (χ3v) is 4.69. The number of rotatable bonds is 7. The Bertz CT molecular complexity index is 587. The average Bonchev–Trinajstić information content (AvgIpc) is 2.61. The van der Waals surface area contributed by atoms with Crippen LogP contribution in [0.2, 0.25) is 5.02 Å². The van der Waals surface area contributed by atoms with E-state index in [1.54, 1.807) is 7.05 Å². The van der Waals surface area contributed by atoms with Crippen molar-refractivity contribution in [3.05, 3.63) is 34.9 Å². The van der Waals surface area contributed by atoms with E-state index in [0.717, 1.165) is 37.5 Å². The van der Waals surface area contributed by atoms with E-state index in [0.29, 0.717) is 19.0 Å². The molecule has 1 aliphatic heterocycles. The molecule has 1 fully saturated rings. The molecule has 0 aliphatic carbocycles. The summed E-state index contributed by atoms with van der Waals surface area (Å²) in [7, 11) is 1.75. The highest BCUT2D eigenvalue weighted by Gasteiger charge is 2.30. The normalized spacial score (nSPS) is 18.8. The van der Waals surface area contributed by atoms with Gasteiger partial charge in [-0.2, -0.15) is 10.5 Å². The monoisotopic (exact) mass is 345 g/mol. The number of hydrogen-bond donors (Lipinski definition) is 2. The van der Waals surface area contributed by atoms with Gasteiger partial charge in [-0.3, -0.25) is 10.2 Å². The van der Waals surface area contributed by atoms with Crippen molar-refractivity contribution in [2.75, 3.05) is 33.2 Å². The van der Waals surface area contributed by atoms with Crippen molar-refractivity contribution in [1.82, 2.24) is 15.5 Å². The lowest BCUT2D eigenvalue weighted by atomic mass is 9.95. The number of nitriles is 2. The van der Waals surface area contributed by atoms with Gasteiger partial charge in [-0.15, -0.1) is 0 Å². The van der Waals surface area contributed by atoms with Crippen molar-refractivity contribution in [3.63, 3.8) is 0 Å². The van der Waals surface area contributed by atoms with Crippen LogP contribution in [0.5, 0.6) is 0 Å². The maximum atomic E-state index is 9.31. The van der Waals surface area contributed by atoms with Gasteiger partial charge >= 0.3 is 0 Å². The Morgan fingerprint density at radius 2 is 2.00 bits per heavy atom. The predicted octanol–water partition coefficient (Wildman–Crippen LogP) is 2.15. The van der Waals surface area contributed by atoms with Crippen LogP contribution in [0.3, 0.4) is 0 Å². The van der Waals surface area contributed by atoms with Crippen molar-refractivity contribution in [1.29, 1.82) is 10.5 Å². The zero-order valence-electron chi connectivity index (χ0n) is 14.1. The summed E-state index contributed by atoms with van der Waals surface area (Å²) in [5.74, 6) is 0.448. The van der Waals surface area contributed by atoms with E-state index in [1.165, 1.54) is 5.56 Å². The fourth-order valence-electron chi connectivity index (χ4n) is 3.14. The standard InChI is InChI=1S/C18H24ClN5/c1-22-14-18(12-20,13-21)23-9-16-3-2-8-24(11-16)10-15-4-6-17(19)7-5-15/h4-7,16,22-23H,2-3,8-11,14H2,1H3. The van der Waals surface area contributed by atoms with Gasteiger partial charge in [0.2, 0.25) is 5.54 Å². The van der Waals surface area contributed by atoms with Crippen LogP contribution in [0.1, 0.15) is 18.4 Å². The molecule has 1 aliphatic rings. The quantitative estimate of drug-likeness (QED) is 0.792. The molecule has 5 nitrogen and oxygen atoms in total. The van der Waals surface area contributed by atoms with Gasteiger partial charge in [-0.05, 0) is 50.0 Å². The topological polar surface area (TPSA) is 74.9 Å². The van der Waals surface area contributed by atoms with E-state index < -0.39 is 5.54 Å². The smallest absolute Gasteiger partial charge is 0.206 e. The fraction of sp³-hybridized carbons (Fsp3) is 0.556. The molecule has 128 valence electrons. The number of halogens is 1. The molecule has 1 unspecified atom stereocenters. The van der Waals surface area contributed by atoms with Gasteiger partial charge in [0.15, 0.2) is 0 Å². The second-order valence-electron chi connectivity index (χ2n) is 6.41. The Labute approximate surface area is 149 Å². The molecule has 24 heavy (non-hydrogen) atoms. The van der Waals surface area contributed by atoms with Gasteiger partial charge in [0.1, 0.15) is 12.1 Å². The molecule has 6 heteroatoms. The maximum absolute atomic E-state index is 9.31. The third-order valence-electron chi connectivity index (χ3n) is 4.44. The molecule has 2 N–H and O–H groups in total. The number of benzene rings is 1. The second kappa shape index (κ2) is 9.01. The van der Waals surface area contributed by atoms with Crippen molar-refractivity contribution in [2.45, 2.75) is 24.9 Å². The first kappa shape index (κ1) is 18.7. The fourth-order valence-corrected chi connectivity index (χ4v) is 3.26. The molecule has 0 bridgehead atoms. The van der Waals surface area contributed by atoms with Gasteiger partial charge in [-0.1, -0.05) is 23.7 Å². The van der Waals surface area contributed by atoms with Gasteiger partial charge in [-0.25, -0.2) is 0 Å². The van der Waals surface area contributed by atoms with Gasteiger partial charge in [0.25, 0.3) is 0 Å². The molecule has 0 saturated carbocycles. The minimum absolute atomic E-state index is 0.321. The lowest BCUT2D eigenvalue weighted by Crippen LogP contribution is -2.52. The zero-order valence-corrected chi connectivity index (χ0v) is 14.8. The van der Waals surface area contributed by atoms with Crippen molar-refractivity contribution in [2.24, 2.45) is 5.92 Å². The van der Waals surface area contributed by atoms with Crippen LogP contribution >= 0.6 is 11.6 Å². The van der Waals surface area contributed by atoms with Crippen molar-refractivity contribution in [3.8, 4) is 12.1 Å². The molecule has 1 aromatic carbocycles. The first-order valence-electron chi connectivity index (χ1n) is 8.30. The molecule has 1 heterocycles. The molecule has 0 amide bonds. The minimum Gasteiger partial charge on any atom is -0.316 e. The highest BCUT2D eigenvalue weighted by atomic mass is 35.5. The average molecular weight is 346 g/mol. The van der Waals surface area contributed by atoms with Crippen molar-refractivity contribution >= 4 is 11.6 Å². The lowest BCUT2D eigenvalue weighted by Gasteiger charge is -2.34. The van der Waals surface area contributed by atoms with Crippen LogP contribution in [-0.2, 0) is 6.54 Å². The number of hydrogen-bond acceptors (Lipinski definition) is 5. The van der Waals surface area contributed by atoms with E-state index in [-0.39, 0.29) is 0 Å². The van der Waals surface area contributed by atoms with E-state index in [9.17, 15) is 10.5 Å². The summed E-state index contributed by atoms with van der Waals surface area (Å²) >= 11 is 5.94. The third kappa shape index (κ3) is 5.19. The van der Waals surface area contributed by atoms with Gasteiger partial charge in [0.05, 0.1) is 0 Å². The molecule has 0 radical (unpaired) electrons. The second-order valence-corrected chi connectivity index (χ2v) is 6.85. The highest BCUT2D eigenvalue weighted by molar-refractivity contribution is 6.30. The number of piperidine rings is 1. The largest absolute Gasteiger partial charge is 0.316 e. The summed E-state index contributed by atoms with van der Waals surface area (Å²) in [5, 5.41) is 25.5. The van der Waals surface area contributed by atoms with Crippen molar-refractivity contribution < 1.29 is 0 Å². The Morgan fingerprint density at radius 3 is 2.62 bits per heavy atom. The van der Waals surface area contributed by atoms with Crippen LogP contribution in [0.4, 0.5) is 0 Å². The molecule has 2 rings (SSSR count). The summed E-state index contributed by atoms with van der Waals surface area (Å²) in [6, 6.07) is 12.2. The summed E-state index contributed by atoms with van der Waals surface area (Å²) in [6.07, 6.45) is 2.26. The Hall–Kier alpha value is -1.63. The number of likely N-dealkylation sites (N-methyl/N-ethyl adjacent to an activating group) is 1. The van der Waals surface area contributed by atoms with E-state index in [1.807, 2.05) is 12.1 Å². The zero-order chi connectivity index (χ0) is 17.4. The minimum atomic E-state index is -1.15. The molecular formula is C18H24ClN5. The number of nitrogens with zero attached hydrogens (tertiary/aromatic N) is 3. The summed E-state index contributed by atoms with van der Waals surface area (Å²) in [4.78, 5) is 2.43. The predicted molar refractivity (Wildman–Crippen MR) is 95.3 cm³/mol. The van der Waals surface area contributed by atoms with E-state index in [4.69, 9.17) is 11.6 Å². The number of nitrogens with one attached hydrogen (secondary N) is 2. The summed E-state index contributed by atoms with van der Waals surface area (Å²) in [6.45, 7) is 3.96. The van der Waals surface area contributed by atoms with Crippen LogP contribution in [0.25, 0.3) is 0 Å². The van der Waals surface area contributed by atoms with Crippen LogP contribution in [-0.4, -0.2) is 43.7 Å². The van der Waals surface area contributed by atoms with Crippen LogP contribution < -0.4 is 10.6 Å². The maximum Gasteiger partial charge on any atom is 0.206 e. The Balaban J connectivity index is 1.88. The lowest BCUT2D eigenvalue weighted by molar-refractivity contribution is 0.162. The summed E-state index contributed by atoms with van der Waals surface area (Å²) < 4.78 is 0. The Kier molecular flexibility index (Phi) is 7.02. The van der Waals surface area contributed by atoms with Gasteiger partial charge < -0.3 is 5.32 Å². The molecule has 0 aromatic heterocycles. The molecule has 1 atom stereocenters. The Morgan fingerprint density at radius 1 is 1.29 bits per heavy atom. The van der Waals surface area contributed by atoms with Crippen LogP contribution in [0, 0.1) is 28.6 Å². The van der Waals surface area contributed by atoms with Crippen LogP contribution in [0.15, 0.2) is 24.3 Å². The molecule has 1 aromatic rings. The number of likely N-dealkylation sites (tertiary alicyclic amines) is 1. The molecule has 1 saturated heterocycles. The molecular weight excluding hydrogens is 322 g/mol. The highest BCUT2D eigenvalue weighted by Crippen LogP contribution is 2.19. The SMILES string of the molecule is CNCC(C#N)(C#N)NCC1CCCN(Cc2ccc(Cl)cc2)C1. The molecule has 0 spiro atoms. The first-order chi connectivity index (χ1) is 11.6. The van der Waals surface area contributed by atoms with E-state index in [2.05, 4.69) is 39.8 Å². The first-order valence-corrected chi connectivity index (χ1v) is 8.67. The van der Waals surface area contributed by atoms with E-state index >= 15 is 0 Å². The van der Waals surface area contributed by atoms with Gasteiger partial charge in [0, 0.05) is 31.2 Å². The summed E-state index contributed by atoms with van der Waals surface area (Å²) in [5.41, 5.74) is 0.110.